The van der Waals surface area contributed by atoms with Gasteiger partial charge in [0, 0.05) is 31.4 Å². The molecule has 0 bridgehead atoms. The van der Waals surface area contributed by atoms with E-state index in [0.29, 0.717) is 5.92 Å². The standard InChI is InChI=1S/C14H25N3/c1-3-6-13(2)14-15-7-10-17(14)12-11-16-8-4-5-9-16/h7,10,13H,3-6,8-9,11-12H2,1-2H3/t13-/m1/s1. The summed E-state index contributed by atoms with van der Waals surface area (Å²) >= 11 is 0. The molecule has 1 fully saturated rings. The largest absolute Gasteiger partial charge is 0.333 e. The Morgan fingerprint density at radius 1 is 1.29 bits per heavy atom. The number of aromatic nitrogens is 2. The van der Waals surface area contributed by atoms with Crippen molar-refractivity contribution in [1.29, 1.82) is 0 Å². The van der Waals surface area contributed by atoms with E-state index in [-0.39, 0.29) is 0 Å². The van der Waals surface area contributed by atoms with Crippen molar-refractivity contribution in [2.24, 2.45) is 0 Å². The van der Waals surface area contributed by atoms with E-state index in [9.17, 15) is 0 Å². The normalized spacial score (nSPS) is 18.7. The number of likely N-dealkylation sites (tertiary alicyclic amines) is 1. The molecule has 1 aromatic rings. The molecule has 0 amide bonds. The minimum Gasteiger partial charge on any atom is -0.333 e. The fraction of sp³-hybridized carbons (Fsp3) is 0.786. The first-order valence-electron chi connectivity index (χ1n) is 7.04. The van der Waals surface area contributed by atoms with Crippen molar-refractivity contribution in [1.82, 2.24) is 14.5 Å². The van der Waals surface area contributed by atoms with Crippen molar-refractivity contribution in [3.8, 4) is 0 Å². The van der Waals surface area contributed by atoms with Gasteiger partial charge in [0.2, 0.25) is 0 Å². The van der Waals surface area contributed by atoms with Crippen LogP contribution >= 0.6 is 0 Å². The van der Waals surface area contributed by atoms with E-state index in [0.717, 1.165) is 6.54 Å². The van der Waals surface area contributed by atoms with Crippen molar-refractivity contribution in [3.05, 3.63) is 18.2 Å². The highest BCUT2D eigenvalue weighted by atomic mass is 15.2. The van der Waals surface area contributed by atoms with Gasteiger partial charge in [-0.05, 0) is 32.4 Å². The zero-order valence-corrected chi connectivity index (χ0v) is 11.2. The van der Waals surface area contributed by atoms with Crippen LogP contribution in [-0.2, 0) is 6.54 Å². The predicted molar refractivity (Wildman–Crippen MR) is 71.2 cm³/mol. The number of hydrogen-bond donors (Lipinski definition) is 0. The van der Waals surface area contributed by atoms with Gasteiger partial charge in [0.05, 0.1) is 0 Å². The summed E-state index contributed by atoms with van der Waals surface area (Å²) in [5.74, 6) is 1.86. The minimum atomic E-state index is 0.591. The van der Waals surface area contributed by atoms with Gasteiger partial charge >= 0.3 is 0 Å². The first-order valence-corrected chi connectivity index (χ1v) is 7.04. The lowest BCUT2D eigenvalue weighted by Crippen LogP contribution is -2.24. The average molecular weight is 235 g/mol. The highest BCUT2D eigenvalue weighted by Crippen LogP contribution is 2.19. The average Bonchev–Trinajstić information content (AvgIpc) is 2.98. The van der Waals surface area contributed by atoms with Crippen LogP contribution in [0.1, 0.15) is 51.3 Å². The Hall–Kier alpha value is -0.830. The van der Waals surface area contributed by atoms with Crippen LogP contribution in [0.2, 0.25) is 0 Å². The van der Waals surface area contributed by atoms with Crippen LogP contribution in [0.3, 0.4) is 0 Å². The molecule has 17 heavy (non-hydrogen) atoms. The summed E-state index contributed by atoms with van der Waals surface area (Å²) in [5, 5.41) is 0. The Morgan fingerprint density at radius 2 is 2.06 bits per heavy atom. The van der Waals surface area contributed by atoms with Crippen molar-refractivity contribution < 1.29 is 0 Å². The quantitative estimate of drug-likeness (QED) is 0.756. The lowest BCUT2D eigenvalue weighted by molar-refractivity contribution is 0.319. The van der Waals surface area contributed by atoms with E-state index >= 15 is 0 Å². The van der Waals surface area contributed by atoms with Crippen molar-refractivity contribution in [2.45, 2.75) is 52.0 Å². The molecule has 1 atom stereocenters. The van der Waals surface area contributed by atoms with E-state index in [4.69, 9.17) is 0 Å². The number of rotatable bonds is 6. The molecule has 0 unspecified atom stereocenters. The molecule has 3 nitrogen and oxygen atoms in total. The molecule has 1 aliphatic rings. The molecule has 2 heterocycles. The van der Waals surface area contributed by atoms with Crippen LogP contribution in [-0.4, -0.2) is 34.1 Å². The van der Waals surface area contributed by atoms with Gasteiger partial charge in [-0.1, -0.05) is 20.3 Å². The van der Waals surface area contributed by atoms with E-state index in [2.05, 4.69) is 34.5 Å². The maximum absolute atomic E-state index is 4.52. The molecular formula is C14H25N3. The van der Waals surface area contributed by atoms with Gasteiger partial charge in [0.15, 0.2) is 0 Å². The molecule has 1 saturated heterocycles. The van der Waals surface area contributed by atoms with Crippen molar-refractivity contribution in [2.75, 3.05) is 19.6 Å². The highest BCUT2D eigenvalue weighted by molar-refractivity contribution is 4.99. The van der Waals surface area contributed by atoms with Gasteiger partial charge in [-0.25, -0.2) is 4.98 Å². The summed E-state index contributed by atoms with van der Waals surface area (Å²) in [6.07, 6.45) is 9.32. The topological polar surface area (TPSA) is 21.1 Å². The molecule has 0 radical (unpaired) electrons. The van der Waals surface area contributed by atoms with Crippen LogP contribution in [0.5, 0.6) is 0 Å². The fourth-order valence-corrected chi connectivity index (χ4v) is 2.76. The molecule has 0 aliphatic carbocycles. The maximum atomic E-state index is 4.52. The Balaban J connectivity index is 1.89. The van der Waals surface area contributed by atoms with Gasteiger partial charge < -0.3 is 9.47 Å². The van der Waals surface area contributed by atoms with Crippen LogP contribution in [0.15, 0.2) is 12.4 Å². The summed E-state index contributed by atoms with van der Waals surface area (Å²) in [5.41, 5.74) is 0. The Labute approximate surface area is 105 Å². The zero-order valence-electron chi connectivity index (χ0n) is 11.2. The first-order chi connectivity index (χ1) is 8.31. The lowest BCUT2D eigenvalue weighted by atomic mass is 10.1. The summed E-state index contributed by atoms with van der Waals surface area (Å²) in [7, 11) is 0. The second kappa shape index (κ2) is 6.20. The van der Waals surface area contributed by atoms with E-state index in [1.807, 2.05) is 6.20 Å². The Kier molecular flexibility index (Phi) is 4.60. The third-order valence-electron chi connectivity index (χ3n) is 3.77. The summed E-state index contributed by atoms with van der Waals surface area (Å²) in [4.78, 5) is 7.09. The van der Waals surface area contributed by atoms with Gasteiger partial charge in [-0.3, -0.25) is 0 Å². The number of imidazole rings is 1. The van der Waals surface area contributed by atoms with Crippen LogP contribution < -0.4 is 0 Å². The number of hydrogen-bond acceptors (Lipinski definition) is 2. The first kappa shape index (κ1) is 12.6. The molecule has 0 spiro atoms. The van der Waals surface area contributed by atoms with Crippen molar-refractivity contribution >= 4 is 0 Å². The molecule has 1 aromatic heterocycles. The summed E-state index contributed by atoms with van der Waals surface area (Å²) < 4.78 is 2.35. The molecule has 1 aliphatic heterocycles. The molecular weight excluding hydrogens is 210 g/mol. The molecule has 0 saturated carbocycles. The van der Waals surface area contributed by atoms with E-state index in [1.54, 1.807) is 0 Å². The predicted octanol–water partition coefficient (Wildman–Crippen LogP) is 2.88. The number of nitrogens with zero attached hydrogens (tertiary/aromatic N) is 3. The maximum Gasteiger partial charge on any atom is 0.111 e. The molecule has 0 aromatic carbocycles. The minimum absolute atomic E-state index is 0.591. The van der Waals surface area contributed by atoms with E-state index < -0.39 is 0 Å². The zero-order chi connectivity index (χ0) is 12.1. The lowest BCUT2D eigenvalue weighted by Gasteiger charge is -2.17. The fourth-order valence-electron chi connectivity index (χ4n) is 2.76. The molecule has 0 N–H and O–H groups in total. The molecule has 2 rings (SSSR count). The third-order valence-corrected chi connectivity index (χ3v) is 3.77. The molecule has 96 valence electrons. The third kappa shape index (κ3) is 3.32. The van der Waals surface area contributed by atoms with Crippen molar-refractivity contribution in [3.63, 3.8) is 0 Å². The van der Waals surface area contributed by atoms with Crippen LogP contribution in [0.25, 0.3) is 0 Å². The van der Waals surface area contributed by atoms with Gasteiger partial charge in [0.25, 0.3) is 0 Å². The SMILES string of the molecule is CCC[C@@H](C)c1nccn1CCN1CCCC1. The highest BCUT2D eigenvalue weighted by Gasteiger charge is 2.14. The Bertz CT molecular complexity index is 326. The smallest absolute Gasteiger partial charge is 0.111 e. The monoisotopic (exact) mass is 235 g/mol. The van der Waals surface area contributed by atoms with Gasteiger partial charge in [0.1, 0.15) is 5.82 Å². The van der Waals surface area contributed by atoms with Crippen LogP contribution in [0, 0.1) is 0 Å². The van der Waals surface area contributed by atoms with Gasteiger partial charge in [-0.15, -0.1) is 0 Å². The van der Waals surface area contributed by atoms with E-state index in [1.165, 1.54) is 51.1 Å². The second-order valence-electron chi connectivity index (χ2n) is 5.22. The second-order valence-corrected chi connectivity index (χ2v) is 5.22. The van der Waals surface area contributed by atoms with Crippen LogP contribution in [0.4, 0.5) is 0 Å². The van der Waals surface area contributed by atoms with Gasteiger partial charge in [-0.2, -0.15) is 0 Å². The Morgan fingerprint density at radius 3 is 2.76 bits per heavy atom. The summed E-state index contributed by atoms with van der Waals surface area (Å²) in [6.45, 7) is 9.39. The molecule has 3 heteroatoms. The summed E-state index contributed by atoms with van der Waals surface area (Å²) in [6, 6.07) is 0.